The lowest BCUT2D eigenvalue weighted by molar-refractivity contribution is -0.767. The molecule has 0 aromatic carbocycles. The van der Waals surface area contributed by atoms with Crippen LogP contribution in [0.4, 0.5) is 0 Å². The van der Waals surface area contributed by atoms with E-state index in [1.54, 1.807) is 6.20 Å². The van der Waals surface area contributed by atoms with E-state index in [1.165, 1.54) is 11.3 Å². The summed E-state index contributed by atoms with van der Waals surface area (Å²) < 4.78 is 2.69. The molecule has 0 saturated carbocycles. The van der Waals surface area contributed by atoms with Gasteiger partial charge in [-0.05, 0) is 32.9 Å². The second-order valence-corrected chi connectivity index (χ2v) is 7.12. The summed E-state index contributed by atoms with van der Waals surface area (Å²) in [6, 6.07) is 5.88. The van der Waals surface area contributed by atoms with Gasteiger partial charge in [-0.3, -0.25) is 9.78 Å². The Balaban J connectivity index is 1.94. The zero-order chi connectivity index (χ0) is 17.6. The summed E-state index contributed by atoms with van der Waals surface area (Å²) in [7, 11) is 0. The minimum absolute atomic E-state index is 0.133. The summed E-state index contributed by atoms with van der Waals surface area (Å²) in [6.07, 6.45) is 3.76. The van der Waals surface area contributed by atoms with E-state index in [9.17, 15) is 4.79 Å². The number of hydrogen-bond acceptors (Lipinski definition) is 4. The Bertz CT molecular complexity index is 1110. The number of hydrogen-bond donors (Lipinski definition) is 2. The molecule has 2 N–H and O–H groups in total. The van der Waals surface area contributed by atoms with Crippen LogP contribution >= 0.6 is 11.3 Å². The van der Waals surface area contributed by atoms with Gasteiger partial charge in [0.15, 0.2) is 11.9 Å². The Morgan fingerprint density at radius 2 is 2.08 bits per heavy atom. The predicted octanol–water partition coefficient (Wildman–Crippen LogP) is 3.22. The van der Waals surface area contributed by atoms with Gasteiger partial charge < -0.3 is 4.98 Å². The molecule has 126 valence electrons. The highest BCUT2D eigenvalue weighted by molar-refractivity contribution is 7.17. The number of aromatic amines is 2. The highest BCUT2D eigenvalue weighted by Crippen LogP contribution is 2.32. The van der Waals surface area contributed by atoms with E-state index in [2.05, 4.69) is 39.8 Å². The molecule has 0 amide bonds. The average Bonchev–Trinajstić information content (AvgIpc) is 3.19. The highest BCUT2D eigenvalue weighted by Gasteiger charge is 2.21. The Labute approximate surface area is 148 Å². The van der Waals surface area contributed by atoms with Crippen molar-refractivity contribution in [3.8, 4) is 22.6 Å². The zero-order valence-electron chi connectivity index (χ0n) is 14.2. The second kappa shape index (κ2) is 5.93. The van der Waals surface area contributed by atoms with Crippen molar-refractivity contribution in [2.45, 2.75) is 26.8 Å². The Kier molecular flexibility index (Phi) is 3.73. The van der Waals surface area contributed by atoms with Gasteiger partial charge >= 0.3 is 0 Å². The van der Waals surface area contributed by atoms with E-state index in [-0.39, 0.29) is 5.56 Å². The molecule has 0 bridgehead atoms. The molecule has 4 aromatic heterocycles. The Morgan fingerprint density at radius 1 is 1.24 bits per heavy atom. The molecular formula is C18H18N5OS+. The molecule has 25 heavy (non-hydrogen) atoms. The van der Waals surface area contributed by atoms with Crippen LogP contribution in [0.15, 0.2) is 40.8 Å². The summed E-state index contributed by atoms with van der Waals surface area (Å²) in [5.74, 6) is 0.489. The third-order valence-electron chi connectivity index (χ3n) is 4.15. The monoisotopic (exact) mass is 352 g/mol. The maximum Gasteiger partial charge on any atom is 0.269 e. The molecule has 4 aromatic rings. The first kappa shape index (κ1) is 15.7. The van der Waals surface area contributed by atoms with Crippen LogP contribution in [0.1, 0.15) is 25.6 Å². The molecule has 4 rings (SSSR count). The number of H-pyrrole nitrogens is 2. The standard InChI is InChI=1S/C18H17N5OS/c1-10(2)23-8-12(11(3)22-23)13-9-25-16-15(13)20-17(21-18(16)24)14-6-4-5-7-19-14/h4-10H,1-3H3,(H,20,21,24)/p+1. The summed E-state index contributed by atoms with van der Waals surface area (Å²) >= 11 is 1.42. The van der Waals surface area contributed by atoms with Crippen molar-refractivity contribution in [2.24, 2.45) is 0 Å². The molecule has 0 unspecified atom stereocenters. The van der Waals surface area contributed by atoms with Crippen molar-refractivity contribution < 1.29 is 4.68 Å². The summed E-state index contributed by atoms with van der Waals surface area (Å²) in [5, 5.41) is 5.35. The molecule has 7 heteroatoms. The number of rotatable bonds is 3. The Hall–Kier alpha value is -2.80. The fraction of sp³-hybridized carbons (Fsp3) is 0.222. The van der Waals surface area contributed by atoms with Gasteiger partial charge in [0.05, 0.1) is 16.8 Å². The molecule has 0 fully saturated rings. The number of fused-ring (bicyclic) bond motifs is 1. The van der Waals surface area contributed by atoms with Crippen molar-refractivity contribution in [3.05, 3.63) is 52.0 Å². The lowest BCUT2D eigenvalue weighted by Crippen LogP contribution is -2.37. The molecule has 0 aliphatic carbocycles. The van der Waals surface area contributed by atoms with E-state index < -0.39 is 0 Å². The smallest absolute Gasteiger partial charge is 0.269 e. The van der Waals surface area contributed by atoms with Gasteiger partial charge in [0.25, 0.3) is 5.56 Å². The van der Waals surface area contributed by atoms with Gasteiger partial charge in [-0.1, -0.05) is 6.07 Å². The molecule has 6 nitrogen and oxygen atoms in total. The van der Waals surface area contributed by atoms with E-state index >= 15 is 0 Å². The maximum atomic E-state index is 12.5. The molecule has 4 heterocycles. The minimum Gasteiger partial charge on any atom is -0.304 e. The topological polar surface area (TPSA) is 78.3 Å². The molecule has 0 saturated heterocycles. The maximum absolute atomic E-state index is 12.5. The van der Waals surface area contributed by atoms with Crippen LogP contribution in [-0.2, 0) is 0 Å². The number of nitrogens with zero attached hydrogens (tertiary/aromatic N) is 3. The van der Waals surface area contributed by atoms with Crippen LogP contribution < -0.4 is 10.2 Å². The zero-order valence-corrected chi connectivity index (χ0v) is 15.0. The van der Waals surface area contributed by atoms with Crippen LogP contribution in [0.2, 0.25) is 0 Å². The number of nitrogens with one attached hydrogen (secondary N) is 2. The first-order chi connectivity index (χ1) is 12.0. The van der Waals surface area contributed by atoms with E-state index in [4.69, 9.17) is 4.98 Å². The summed E-state index contributed by atoms with van der Waals surface area (Å²) in [6.45, 7) is 6.27. The number of aryl methyl sites for hydroxylation is 1. The van der Waals surface area contributed by atoms with Crippen LogP contribution in [-0.4, -0.2) is 20.1 Å². The Morgan fingerprint density at radius 3 is 2.76 bits per heavy atom. The van der Waals surface area contributed by atoms with Crippen molar-refractivity contribution >= 4 is 21.6 Å². The van der Waals surface area contributed by atoms with Gasteiger partial charge in [-0.15, -0.1) is 16.0 Å². The van der Waals surface area contributed by atoms with Gasteiger partial charge in [-0.2, -0.15) is 5.10 Å². The number of thiophene rings is 1. The predicted molar refractivity (Wildman–Crippen MR) is 98.6 cm³/mol. The van der Waals surface area contributed by atoms with E-state index in [0.717, 1.165) is 16.8 Å². The molecule has 0 radical (unpaired) electrons. The van der Waals surface area contributed by atoms with Crippen LogP contribution in [0.25, 0.3) is 32.9 Å². The lowest BCUT2D eigenvalue weighted by atomic mass is 10.1. The molecular weight excluding hydrogens is 334 g/mol. The van der Waals surface area contributed by atoms with Crippen molar-refractivity contribution in [1.82, 2.24) is 20.1 Å². The quantitative estimate of drug-likeness (QED) is 0.556. The average molecular weight is 352 g/mol. The molecule has 0 aliphatic rings. The van der Waals surface area contributed by atoms with E-state index in [1.807, 2.05) is 30.5 Å². The summed E-state index contributed by atoms with van der Waals surface area (Å²) in [4.78, 5) is 24.3. The lowest BCUT2D eigenvalue weighted by Gasteiger charge is -2.01. The van der Waals surface area contributed by atoms with Gasteiger partial charge in [0.1, 0.15) is 10.4 Å². The first-order valence-electron chi connectivity index (χ1n) is 8.08. The first-order valence-corrected chi connectivity index (χ1v) is 8.96. The highest BCUT2D eigenvalue weighted by atomic mass is 32.1. The summed E-state index contributed by atoms with van der Waals surface area (Å²) in [5.41, 5.74) is 4.32. The number of pyridine rings is 1. The van der Waals surface area contributed by atoms with Gasteiger partial charge in [0, 0.05) is 17.1 Å². The molecule has 0 atom stereocenters. The fourth-order valence-corrected chi connectivity index (χ4v) is 3.71. The number of aromatic nitrogens is 5. The molecule has 0 spiro atoms. The van der Waals surface area contributed by atoms with Crippen molar-refractivity contribution in [3.63, 3.8) is 0 Å². The van der Waals surface area contributed by atoms with Gasteiger partial charge in [0.2, 0.25) is 6.20 Å². The molecule has 0 aliphatic heterocycles. The fourth-order valence-electron chi connectivity index (χ4n) is 2.81. The van der Waals surface area contributed by atoms with E-state index in [0.29, 0.717) is 27.8 Å². The minimum atomic E-state index is -0.133. The van der Waals surface area contributed by atoms with Crippen LogP contribution in [0.5, 0.6) is 0 Å². The van der Waals surface area contributed by atoms with Crippen LogP contribution in [0, 0.1) is 6.92 Å². The largest absolute Gasteiger partial charge is 0.304 e. The normalized spacial score (nSPS) is 11.5. The third kappa shape index (κ3) is 2.66. The SMILES string of the molecule is Cc1[nH][n+](C(C)C)cc1-c1csc2c(=O)[nH]c(-c3ccccn3)nc12. The van der Waals surface area contributed by atoms with Crippen molar-refractivity contribution in [1.29, 1.82) is 0 Å². The van der Waals surface area contributed by atoms with Crippen LogP contribution in [0.3, 0.4) is 0 Å². The second-order valence-electron chi connectivity index (χ2n) is 6.24. The third-order valence-corrected chi connectivity index (χ3v) is 5.12. The van der Waals surface area contributed by atoms with Crippen molar-refractivity contribution in [2.75, 3.05) is 0 Å². The van der Waals surface area contributed by atoms with Gasteiger partial charge in [-0.25, -0.2) is 4.98 Å².